The van der Waals surface area contributed by atoms with Crippen molar-refractivity contribution in [3.63, 3.8) is 0 Å². The molecule has 0 aromatic rings. The lowest BCUT2D eigenvalue weighted by Gasteiger charge is -2.58. The van der Waals surface area contributed by atoms with Crippen LogP contribution in [-0.2, 0) is 4.79 Å². The summed E-state index contributed by atoms with van der Waals surface area (Å²) in [7, 11) is 0. The van der Waals surface area contributed by atoms with Crippen LogP contribution in [0.1, 0.15) is 58.8 Å². The molecule has 0 saturated heterocycles. The molecule has 2 N–H and O–H groups in total. The van der Waals surface area contributed by atoms with Gasteiger partial charge in [0.1, 0.15) is 0 Å². The van der Waals surface area contributed by atoms with Crippen LogP contribution in [0.3, 0.4) is 0 Å². The van der Waals surface area contributed by atoms with Crippen LogP contribution in [0.25, 0.3) is 0 Å². The van der Waals surface area contributed by atoms with Crippen molar-refractivity contribution in [3.8, 4) is 0 Å². The summed E-state index contributed by atoms with van der Waals surface area (Å²) in [5, 5.41) is 21.1. The molecular formula is C19H28O3. The SMILES string of the molecule is C[C@]12CC[C@H]3[C@@H](CCC4=CC(=O)CC[C@@]43C)[C@@H]1[C@H](O)C[C@H]2O. The molecule has 3 nitrogen and oxygen atoms in total. The second-order valence-corrected chi connectivity index (χ2v) is 8.75. The van der Waals surface area contributed by atoms with E-state index in [2.05, 4.69) is 13.8 Å². The minimum absolute atomic E-state index is 0.108. The monoisotopic (exact) mass is 304 g/mol. The highest BCUT2D eigenvalue weighted by atomic mass is 16.3. The van der Waals surface area contributed by atoms with Crippen molar-refractivity contribution in [1.82, 2.24) is 0 Å². The Morgan fingerprint density at radius 1 is 1.14 bits per heavy atom. The van der Waals surface area contributed by atoms with Gasteiger partial charge in [-0.15, -0.1) is 0 Å². The largest absolute Gasteiger partial charge is 0.393 e. The molecule has 3 saturated carbocycles. The average molecular weight is 304 g/mol. The molecule has 0 bridgehead atoms. The van der Waals surface area contributed by atoms with E-state index in [4.69, 9.17) is 0 Å². The summed E-state index contributed by atoms with van der Waals surface area (Å²) < 4.78 is 0. The molecule has 0 aromatic carbocycles. The molecule has 7 atom stereocenters. The van der Waals surface area contributed by atoms with E-state index in [1.807, 2.05) is 6.08 Å². The van der Waals surface area contributed by atoms with Gasteiger partial charge in [-0.2, -0.15) is 0 Å². The fraction of sp³-hybridized carbons (Fsp3) is 0.842. The molecule has 0 spiro atoms. The van der Waals surface area contributed by atoms with Gasteiger partial charge in [-0.1, -0.05) is 19.4 Å². The zero-order chi connectivity index (χ0) is 15.7. The first-order valence-corrected chi connectivity index (χ1v) is 8.96. The average Bonchev–Trinajstić information content (AvgIpc) is 2.70. The van der Waals surface area contributed by atoms with Crippen LogP contribution in [-0.4, -0.2) is 28.2 Å². The highest BCUT2D eigenvalue weighted by Crippen LogP contribution is 2.65. The number of allylic oxidation sites excluding steroid dienone is 1. The maximum absolute atomic E-state index is 11.8. The number of aliphatic hydroxyl groups excluding tert-OH is 2. The predicted molar refractivity (Wildman–Crippen MR) is 84.1 cm³/mol. The van der Waals surface area contributed by atoms with Crippen molar-refractivity contribution >= 4 is 5.78 Å². The first-order chi connectivity index (χ1) is 10.4. The number of aliphatic hydroxyl groups is 2. The van der Waals surface area contributed by atoms with E-state index in [0.29, 0.717) is 30.5 Å². The van der Waals surface area contributed by atoms with Crippen LogP contribution in [0.2, 0.25) is 0 Å². The Balaban J connectivity index is 1.71. The van der Waals surface area contributed by atoms with Crippen molar-refractivity contribution in [2.45, 2.75) is 71.0 Å². The normalized spacial score (nSPS) is 54.3. The predicted octanol–water partition coefficient (Wildman–Crippen LogP) is 2.85. The minimum Gasteiger partial charge on any atom is -0.393 e. The fourth-order valence-electron chi connectivity index (χ4n) is 6.59. The fourth-order valence-corrected chi connectivity index (χ4v) is 6.59. The molecular weight excluding hydrogens is 276 g/mol. The van der Waals surface area contributed by atoms with Crippen LogP contribution in [0.15, 0.2) is 11.6 Å². The lowest BCUT2D eigenvalue weighted by Crippen LogP contribution is -2.52. The van der Waals surface area contributed by atoms with Crippen molar-refractivity contribution in [1.29, 1.82) is 0 Å². The first-order valence-electron chi connectivity index (χ1n) is 8.96. The zero-order valence-electron chi connectivity index (χ0n) is 13.7. The Morgan fingerprint density at radius 3 is 2.68 bits per heavy atom. The summed E-state index contributed by atoms with van der Waals surface area (Å²) in [5.74, 6) is 1.60. The molecule has 4 aliphatic rings. The topological polar surface area (TPSA) is 57.5 Å². The summed E-state index contributed by atoms with van der Waals surface area (Å²) in [6, 6.07) is 0. The lowest BCUT2D eigenvalue weighted by molar-refractivity contribution is -0.119. The van der Waals surface area contributed by atoms with E-state index >= 15 is 0 Å². The second-order valence-electron chi connectivity index (χ2n) is 8.75. The van der Waals surface area contributed by atoms with Gasteiger partial charge in [0, 0.05) is 12.8 Å². The van der Waals surface area contributed by atoms with Gasteiger partial charge >= 0.3 is 0 Å². The maximum Gasteiger partial charge on any atom is 0.155 e. The van der Waals surface area contributed by atoms with Crippen molar-refractivity contribution in [3.05, 3.63) is 11.6 Å². The van der Waals surface area contributed by atoms with Gasteiger partial charge in [0.25, 0.3) is 0 Å². The molecule has 4 aliphatic carbocycles. The highest BCUT2D eigenvalue weighted by molar-refractivity contribution is 5.91. The van der Waals surface area contributed by atoms with Crippen LogP contribution < -0.4 is 0 Å². The molecule has 0 radical (unpaired) electrons. The molecule has 3 heteroatoms. The first kappa shape index (κ1) is 14.9. The second kappa shape index (κ2) is 4.67. The zero-order valence-corrected chi connectivity index (χ0v) is 13.7. The van der Waals surface area contributed by atoms with Gasteiger partial charge in [0.2, 0.25) is 0 Å². The highest BCUT2D eigenvalue weighted by Gasteiger charge is 2.61. The summed E-state index contributed by atoms with van der Waals surface area (Å²) in [5.41, 5.74) is 1.40. The maximum atomic E-state index is 11.8. The number of hydrogen-bond donors (Lipinski definition) is 2. The summed E-state index contributed by atoms with van der Waals surface area (Å²) in [6.07, 6.45) is 7.62. The van der Waals surface area contributed by atoms with Crippen molar-refractivity contribution in [2.24, 2.45) is 28.6 Å². The Morgan fingerprint density at radius 2 is 1.91 bits per heavy atom. The smallest absolute Gasteiger partial charge is 0.155 e. The molecule has 0 aliphatic heterocycles. The van der Waals surface area contributed by atoms with E-state index in [1.54, 1.807) is 0 Å². The van der Waals surface area contributed by atoms with Gasteiger partial charge in [-0.05, 0) is 66.8 Å². The quantitative estimate of drug-likeness (QED) is 0.723. The van der Waals surface area contributed by atoms with Crippen molar-refractivity contribution < 1.29 is 15.0 Å². The molecule has 3 fully saturated rings. The summed E-state index contributed by atoms with van der Waals surface area (Å²) >= 11 is 0. The third kappa shape index (κ3) is 1.78. The van der Waals surface area contributed by atoms with Crippen LogP contribution in [0.5, 0.6) is 0 Å². The Kier molecular flexibility index (Phi) is 3.16. The van der Waals surface area contributed by atoms with E-state index in [1.165, 1.54) is 5.57 Å². The molecule has 4 rings (SSSR count). The van der Waals surface area contributed by atoms with Gasteiger partial charge in [0.15, 0.2) is 5.78 Å². The molecule has 22 heavy (non-hydrogen) atoms. The number of carbonyl (C=O) groups is 1. The standard InChI is InChI=1S/C19H28O3/c1-18-7-5-12(20)9-11(18)3-4-13-14(18)6-8-19(2)16(22)10-15(21)17(13)19/h9,13-17,21-22H,3-8,10H2,1-2H3/t13-,14+,15-,16-,17-,18+,19-/m1/s1. The van der Waals surface area contributed by atoms with E-state index in [-0.39, 0.29) is 29.0 Å². The molecule has 0 unspecified atom stereocenters. The van der Waals surface area contributed by atoms with Gasteiger partial charge in [-0.3, -0.25) is 4.79 Å². The van der Waals surface area contributed by atoms with E-state index in [9.17, 15) is 15.0 Å². The van der Waals surface area contributed by atoms with Crippen molar-refractivity contribution in [2.75, 3.05) is 0 Å². The summed E-state index contributed by atoms with van der Waals surface area (Å²) in [4.78, 5) is 11.8. The Labute approximate surface area is 132 Å². The van der Waals surface area contributed by atoms with Crippen LogP contribution in [0.4, 0.5) is 0 Å². The number of rotatable bonds is 0. The van der Waals surface area contributed by atoms with Gasteiger partial charge in [0.05, 0.1) is 12.2 Å². The number of hydrogen-bond acceptors (Lipinski definition) is 3. The van der Waals surface area contributed by atoms with Crippen LogP contribution >= 0.6 is 0 Å². The Hall–Kier alpha value is -0.670. The third-order valence-corrected chi connectivity index (χ3v) is 7.90. The van der Waals surface area contributed by atoms with E-state index in [0.717, 1.165) is 32.1 Å². The van der Waals surface area contributed by atoms with Gasteiger partial charge in [-0.25, -0.2) is 0 Å². The number of ketones is 1. The molecule has 122 valence electrons. The number of carbonyl (C=O) groups excluding carboxylic acids is 1. The number of fused-ring (bicyclic) bond motifs is 5. The molecule has 0 heterocycles. The molecule has 0 aromatic heterocycles. The molecule has 0 amide bonds. The lowest BCUT2D eigenvalue weighted by atomic mass is 9.47. The van der Waals surface area contributed by atoms with Crippen LogP contribution in [0, 0.1) is 28.6 Å². The van der Waals surface area contributed by atoms with Gasteiger partial charge < -0.3 is 10.2 Å². The van der Waals surface area contributed by atoms with E-state index < -0.39 is 0 Å². The third-order valence-electron chi connectivity index (χ3n) is 7.90. The summed E-state index contributed by atoms with van der Waals surface area (Å²) in [6.45, 7) is 4.54. The Bertz CT molecular complexity index is 539. The minimum atomic E-state index is -0.355.